The van der Waals surface area contributed by atoms with Crippen LogP contribution in [0, 0.1) is 0 Å². The van der Waals surface area contributed by atoms with Crippen LogP contribution in [0.2, 0.25) is 0 Å². The van der Waals surface area contributed by atoms with E-state index in [1.807, 2.05) is 21.1 Å². The molecule has 0 aliphatic carbocycles. The molecule has 0 rings (SSSR count). The van der Waals surface area contributed by atoms with Gasteiger partial charge in [-0.1, -0.05) is 232 Å². The highest BCUT2D eigenvalue weighted by molar-refractivity contribution is 7.45. The lowest BCUT2D eigenvalue weighted by Crippen LogP contribution is -2.37. The second-order valence-electron chi connectivity index (χ2n) is 21.0. The Labute approximate surface area is 461 Å². The van der Waals surface area contributed by atoms with Gasteiger partial charge in [-0.15, -0.1) is 0 Å². The fourth-order valence-corrected chi connectivity index (χ4v) is 8.63. The number of quaternary nitrogens is 1. The lowest BCUT2D eigenvalue weighted by atomic mass is 10.0. The van der Waals surface area contributed by atoms with Gasteiger partial charge in [0.15, 0.2) is 6.10 Å². The third kappa shape index (κ3) is 59.8. The Morgan fingerprint density at radius 2 is 0.760 bits per heavy atom. The number of carbonyl (C=O) groups is 2. The van der Waals surface area contributed by atoms with E-state index in [0.717, 1.165) is 103 Å². The number of unbranched alkanes of at least 4 members (excludes halogenated alkanes) is 22. The van der Waals surface area contributed by atoms with E-state index < -0.39 is 32.5 Å². The molecule has 0 heterocycles. The zero-order valence-corrected chi connectivity index (χ0v) is 49.6. The molecule has 0 aliphatic rings. The number of esters is 2. The lowest BCUT2D eigenvalue weighted by molar-refractivity contribution is -0.870. The van der Waals surface area contributed by atoms with Crippen LogP contribution in [-0.2, 0) is 32.7 Å². The number of likely N-dealkylation sites (N-methyl/N-ethyl adjacent to an activating group) is 1. The summed E-state index contributed by atoms with van der Waals surface area (Å²) in [5.74, 6) is -0.853. The van der Waals surface area contributed by atoms with Crippen LogP contribution < -0.4 is 4.89 Å². The van der Waals surface area contributed by atoms with E-state index in [0.29, 0.717) is 23.9 Å². The molecule has 0 spiro atoms. The molecule has 0 fully saturated rings. The van der Waals surface area contributed by atoms with Gasteiger partial charge in [-0.3, -0.25) is 14.2 Å². The molecular formula is C65H112NO8P. The Morgan fingerprint density at radius 3 is 1.13 bits per heavy atom. The normalized spacial score (nSPS) is 14.1. The maximum atomic E-state index is 12.8. The van der Waals surface area contributed by atoms with E-state index in [1.165, 1.54) is 96.3 Å². The van der Waals surface area contributed by atoms with Gasteiger partial charge in [-0.25, -0.2) is 0 Å². The van der Waals surface area contributed by atoms with Crippen LogP contribution in [0.1, 0.15) is 239 Å². The minimum atomic E-state index is -4.64. The molecule has 0 saturated heterocycles. The Kier molecular flexibility index (Phi) is 53.0. The van der Waals surface area contributed by atoms with Crippen molar-refractivity contribution in [1.29, 1.82) is 0 Å². The maximum absolute atomic E-state index is 12.8. The second kappa shape index (κ2) is 55.4. The van der Waals surface area contributed by atoms with Crippen LogP contribution in [0.4, 0.5) is 0 Å². The molecule has 0 amide bonds. The van der Waals surface area contributed by atoms with E-state index in [2.05, 4.69) is 123 Å². The highest BCUT2D eigenvalue weighted by atomic mass is 31.2. The van der Waals surface area contributed by atoms with Gasteiger partial charge < -0.3 is 27.9 Å². The van der Waals surface area contributed by atoms with Gasteiger partial charge in [0.1, 0.15) is 19.8 Å². The van der Waals surface area contributed by atoms with Crippen LogP contribution >= 0.6 is 7.82 Å². The van der Waals surface area contributed by atoms with Crippen LogP contribution in [0.25, 0.3) is 0 Å². The van der Waals surface area contributed by atoms with Crippen LogP contribution in [0.15, 0.2) is 109 Å². The molecule has 9 nitrogen and oxygen atoms in total. The summed E-state index contributed by atoms with van der Waals surface area (Å²) in [6.07, 6.45) is 77.1. The summed E-state index contributed by atoms with van der Waals surface area (Å²) in [7, 11) is 1.15. The molecule has 0 N–H and O–H groups in total. The van der Waals surface area contributed by atoms with Crippen molar-refractivity contribution in [2.24, 2.45) is 0 Å². The summed E-state index contributed by atoms with van der Waals surface area (Å²) >= 11 is 0. The van der Waals surface area contributed by atoms with Crippen LogP contribution in [0.5, 0.6) is 0 Å². The van der Waals surface area contributed by atoms with Crippen molar-refractivity contribution in [2.75, 3.05) is 47.5 Å². The summed E-state index contributed by atoms with van der Waals surface area (Å²) < 4.78 is 34.1. The Morgan fingerprint density at radius 1 is 0.427 bits per heavy atom. The summed E-state index contributed by atoms with van der Waals surface area (Å²) in [6.45, 7) is 4.09. The molecule has 0 radical (unpaired) electrons. The summed E-state index contributed by atoms with van der Waals surface area (Å²) in [6, 6.07) is 0. The number of phosphoric acid groups is 1. The topological polar surface area (TPSA) is 111 Å². The number of ether oxygens (including phenoxy) is 2. The van der Waals surface area contributed by atoms with Gasteiger partial charge in [0, 0.05) is 12.8 Å². The van der Waals surface area contributed by atoms with Gasteiger partial charge in [-0.05, 0) is 103 Å². The van der Waals surface area contributed by atoms with E-state index in [9.17, 15) is 19.0 Å². The molecule has 430 valence electrons. The van der Waals surface area contributed by atoms with Crippen molar-refractivity contribution in [2.45, 2.75) is 245 Å². The van der Waals surface area contributed by atoms with Gasteiger partial charge in [0.2, 0.25) is 0 Å². The number of nitrogens with zero attached hydrogens (tertiary/aromatic N) is 1. The lowest BCUT2D eigenvalue weighted by Gasteiger charge is -2.28. The number of hydrogen-bond acceptors (Lipinski definition) is 8. The van der Waals surface area contributed by atoms with Gasteiger partial charge >= 0.3 is 11.9 Å². The largest absolute Gasteiger partial charge is 0.756 e. The number of phosphoric ester groups is 1. The molecule has 0 aromatic carbocycles. The fraction of sp³-hybridized carbons (Fsp3) is 0.692. The van der Waals surface area contributed by atoms with Gasteiger partial charge in [-0.2, -0.15) is 0 Å². The van der Waals surface area contributed by atoms with E-state index in [1.54, 1.807) is 0 Å². The van der Waals surface area contributed by atoms with Crippen molar-refractivity contribution in [3.8, 4) is 0 Å². The maximum Gasteiger partial charge on any atom is 0.306 e. The van der Waals surface area contributed by atoms with Gasteiger partial charge in [0.25, 0.3) is 7.82 Å². The minimum absolute atomic E-state index is 0.0376. The zero-order valence-electron chi connectivity index (χ0n) is 48.7. The van der Waals surface area contributed by atoms with Gasteiger partial charge in [0.05, 0.1) is 27.7 Å². The monoisotopic (exact) mass is 1070 g/mol. The Hall–Kier alpha value is -3.33. The Bertz CT molecular complexity index is 1630. The molecule has 10 heteroatoms. The highest BCUT2D eigenvalue weighted by Gasteiger charge is 2.22. The first-order chi connectivity index (χ1) is 36.5. The predicted octanol–water partition coefficient (Wildman–Crippen LogP) is 18.3. The first-order valence-electron chi connectivity index (χ1n) is 30.1. The number of hydrogen-bond donors (Lipinski definition) is 0. The zero-order chi connectivity index (χ0) is 54.9. The second-order valence-corrected chi connectivity index (χ2v) is 22.4. The quantitative estimate of drug-likeness (QED) is 0.0195. The smallest absolute Gasteiger partial charge is 0.306 e. The van der Waals surface area contributed by atoms with Crippen molar-refractivity contribution in [3.63, 3.8) is 0 Å². The standard InChI is InChI=1S/C65H112NO8P/c1-6-8-10-12-14-16-18-20-22-24-25-26-27-28-29-30-31-32-33-34-35-36-37-38-39-40-41-42-44-46-48-50-52-54-56-58-65(68)74-63(62-73-75(69,70)72-60-59-66(3,4)5)61-71-64(67)57-55-53-51-49-47-45-43-23-21-19-17-15-13-11-9-7-2/h8,10,14,16-17,19-20,22-23,25-26,28-29,31-32,34-35,43,63H,6-7,9,11-13,15,18,21,24,27,30,33,36-42,44-62H2,1-5H3/b10-8-,16-14-,19-17-,22-20-,26-25-,29-28-,32-31-,35-34-,43-23-. The summed E-state index contributed by atoms with van der Waals surface area (Å²) in [4.78, 5) is 37.8. The summed E-state index contributed by atoms with van der Waals surface area (Å²) in [5.41, 5.74) is 0. The molecule has 0 aromatic rings. The van der Waals surface area contributed by atoms with Crippen molar-refractivity contribution in [3.05, 3.63) is 109 Å². The third-order valence-corrected chi connectivity index (χ3v) is 13.5. The van der Waals surface area contributed by atoms with E-state index in [-0.39, 0.29) is 26.1 Å². The molecule has 2 atom stereocenters. The fourth-order valence-electron chi connectivity index (χ4n) is 7.90. The molecular weight excluding hydrogens is 954 g/mol. The molecule has 0 saturated carbocycles. The van der Waals surface area contributed by atoms with Crippen molar-refractivity contribution < 1.29 is 42.1 Å². The molecule has 0 aromatic heterocycles. The SMILES string of the molecule is CC/C=C\C/C=C\C/C=C\C/C=C\C/C=C\C/C=C\C/C=C\CCCCCCCCCCCCCCCC(=O)OC(COC(=O)CCCCCCC/C=C\C/C=C\CCCCCC)COP(=O)([O-])OCC[N+](C)(C)C. The average molecular weight is 1070 g/mol. The average Bonchev–Trinajstić information content (AvgIpc) is 3.37. The van der Waals surface area contributed by atoms with Crippen LogP contribution in [-0.4, -0.2) is 70.0 Å². The minimum Gasteiger partial charge on any atom is -0.756 e. The summed E-state index contributed by atoms with van der Waals surface area (Å²) in [5, 5.41) is 0. The number of allylic oxidation sites excluding steroid dienone is 18. The third-order valence-electron chi connectivity index (χ3n) is 12.5. The highest BCUT2D eigenvalue weighted by Crippen LogP contribution is 2.38. The van der Waals surface area contributed by atoms with E-state index >= 15 is 0 Å². The van der Waals surface area contributed by atoms with Crippen LogP contribution in [0.3, 0.4) is 0 Å². The number of carbonyl (C=O) groups excluding carboxylic acids is 2. The van der Waals surface area contributed by atoms with E-state index in [4.69, 9.17) is 18.5 Å². The first kappa shape index (κ1) is 71.7. The molecule has 0 bridgehead atoms. The molecule has 0 aliphatic heterocycles. The Balaban J connectivity index is 4.11. The predicted molar refractivity (Wildman–Crippen MR) is 318 cm³/mol. The molecule has 2 unspecified atom stereocenters. The first-order valence-corrected chi connectivity index (χ1v) is 31.6. The van der Waals surface area contributed by atoms with Crippen molar-refractivity contribution >= 4 is 19.8 Å². The number of rotatable bonds is 54. The van der Waals surface area contributed by atoms with Crippen molar-refractivity contribution in [1.82, 2.24) is 0 Å². The molecule has 75 heavy (non-hydrogen) atoms.